The zero-order valence-electron chi connectivity index (χ0n) is 6.86. The van der Waals surface area contributed by atoms with E-state index in [-0.39, 0.29) is 0 Å². The monoisotopic (exact) mass is 182 g/mol. The number of aryl methyl sites for hydroxylation is 1. The van der Waals surface area contributed by atoms with Gasteiger partial charge in [0.2, 0.25) is 0 Å². The summed E-state index contributed by atoms with van der Waals surface area (Å²) >= 11 is 0. The van der Waals surface area contributed by atoms with E-state index in [1.807, 2.05) is 12.1 Å². The molecule has 0 spiro atoms. The van der Waals surface area contributed by atoms with Crippen LogP contribution in [-0.2, 0) is 16.1 Å². The Morgan fingerprint density at radius 2 is 2.42 bits per heavy atom. The number of nitrogens with zero attached hydrogens (tertiary/aromatic N) is 2. The third-order valence-electron chi connectivity index (χ3n) is 1.90. The van der Waals surface area contributed by atoms with Gasteiger partial charge in [-0.2, -0.15) is 4.36 Å². The van der Waals surface area contributed by atoms with Crippen LogP contribution in [0.25, 0.3) is 0 Å². The second-order valence-electron chi connectivity index (χ2n) is 2.99. The number of hydrogen-bond acceptors (Lipinski definition) is 3. The molecule has 0 aromatic carbocycles. The van der Waals surface area contributed by atoms with E-state index >= 15 is 0 Å². The number of hydrogen-bond donors (Lipinski definition) is 0. The molecule has 0 saturated heterocycles. The fourth-order valence-corrected chi connectivity index (χ4v) is 2.46. The van der Waals surface area contributed by atoms with Crippen LogP contribution >= 0.6 is 0 Å². The van der Waals surface area contributed by atoms with Gasteiger partial charge >= 0.3 is 0 Å². The molecule has 64 valence electrons. The highest BCUT2D eigenvalue weighted by atomic mass is 32.2. The Bertz CT molecular complexity index is 419. The molecule has 0 saturated carbocycles. The van der Waals surface area contributed by atoms with E-state index in [9.17, 15) is 4.21 Å². The van der Waals surface area contributed by atoms with Gasteiger partial charge < -0.3 is 0 Å². The highest BCUT2D eigenvalue weighted by Gasteiger charge is 2.13. The fraction of sp³-hybridized carbons (Fsp3) is 0.375. The van der Waals surface area contributed by atoms with Crippen LogP contribution in [0, 0.1) is 0 Å². The topological polar surface area (TPSA) is 42.3 Å². The van der Waals surface area contributed by atoms with Crippen molar-refractivity contribution in [3.63, 3.8) is 0 Å². The molecule has 0 aliphatic carbocycles. The molecule has 2 rings (SSSR count). The third-order valence-corrected chi connectivity index (χ3v) is 3.42. The van der Waals surface area contributed by atoms with E-state index in [2.05, 4.69) is 9.35 Å². The van der Waals surface area contributed by atoms with Crippen molar-refractivity contribution in [2.24, 2.45) is 4.36 Å². The number of fused-ring (bicyclic) bond motifs is 1. The van der Waals surface area contributed by atoms with Crippen LogP contribution < -0.4 is 0 Å². The summed E-state index contributed by atoms with van der Waals surface area (Å²) < 4.78 is 15.7. The summed E-state index contributed by atoms with van der Waals surface area (Å²) in [6.07, 6.45) is 4.20. The summed E-state index contributed by atoms with van der Waals surface area (Å²) in [5, 5.41) is 0. The van der Waals surface area contributed by atoms with E-state index < -0.39 is 9.73 Å². The Balaban J connectivity index is 2.63. The smallest absolute Gasteiger partial charge is 0.164 e. The molecular formula is C8H10N2OS. The Morgan fingerprint density at radius 3 is 3.25 bits per heavy atom. The lowest BCUT2D eigenvalue weighted by Crippen LogP contribution is -2.10. The Hall–Kier alpha value is -0.900. The molecule has 4 heteroatoms. The van der Waals surface area contributed by atoms with Crippen LogP contribution in [0.4, 0.5) is 5.82 Å². The quantitative estimate of drug-likeness (QED) is 0.608. The molecule has 0 bridgehead atoms. The summed E-state index contributed by atoms with van der Waals surface area (Å²) in [4.78, 5) is 4.07. The van der Waals surface area contributed by atoms with E-state index in [0.717, 1.165) is 12.0 Å². The minimum Gasteiger partial charge on any atom is -0.250 e. The number of aromatic nitrogens is 1. The highest BCUT2D eigenvalue weighted by molar-refractivity contribution is 7.93. The van der Waals surface area contributed by atoms with Gasteiger partial charge in [0.05, 0.1) is 9.73 Å². The molecule has 0 N–H and O–H groups in total. The molecule has 1 aromatic heterocycles. The molecule has 1 aliphatic heterocycles. The van der Waals surface area contributed by atoms with Gasteiger partial charge in [0, 0.05) is 18.2 Å². The standard InChI is InChI=1S/C8H10N2OS/c1-12(11)6-4-7-3-2-5-9-8(7)10-12/h2-3,5H,4,6H2,1H3. The van der Waals surface area contributed by atoms with Crippen molar-refractivity contribution in [3.05, 3.63) is 23.9 Å². The lowest BCUT2D eigenvalue weighted by atomic mass is 10.2. The first kappa shape index (κ1) is 7.73. The van der Waals surface area contributed by atoms with Crippen molar-refractivity contribution in [2.45, 2.75) is 6.42 Å². The Kier molecular flexibility index (Phi) is 1.65. The van der Waals surface area contributed by atoms with Gasteiger partial charge in [-0.3, -0.25) is 0 Å². The van der Waals surface area contributed by atoms with Crippen molar-refractivity contribution < 1.29 is 4.21 Å². The zero-order chi connectivity index (χ0) is 8.60. The second-order valence-corrected chi connectivity index (χ2v) is 5.50. The van der Waals surface area contributed by atoms with Crippen LogP contribution in [0.15, 0.2) is 22.7 Å². The second kappa shape index (κ2) is 2.55. The van der Waals surface area contributed by atoms with Gasteiger partial charge in [0.1, 0.15) is 0 Å². The van der Waals surface area contributed by atoms with Crippen LogP contribution in [0.5, 0.6) is 0 Å². The van der Waals surface area contributed by atoms with Gasteiger partial charge in [-0.25, -0.2) is 9.19 Å². The lowest BCUT2D eigenvalue weighted by Gasteiger charge is -2.12. The predicted octanol–water partition coefficient (Wildman–Crippen LogP) is 1.37. The zero-order valence-corrected chi connectivity index (χ0v) is 7.67. The van der Waals surface area contributed by atoms with E-state index in [4.69, 9.17) is 0 Å². The first-order valence-electron chi connectivity index (χ1n) is 3.81. The largest absolute Gasteiger partial charge is 0.250 e. The summed E-state index contributed by atoms with van der Waals surface area (Å²) in [7, 11) is -1.98. The Labute approximate surface area is 72.0 Å². The lowest BCUT2D eigenvalue weighted by molar-refractivity contribution is 0.678. The van der Waals surface area contributed by atoms with Crippen LogP contribution in [-0.4, -0.2) is 21.2 Å². The van der Waals surface area contributed by atoms with Crippen molar-refractivity contribution in [3.8, 4) is 0 Å². The first-order valence-corrected chi connectivity index (χ1v) is 5.90. The summed E-state index contributed by atoms with van der Waals surface area (Å²) in [5.74, 6) is 1.32. The summed E-state index contributed by atoms with van der Waals surface area (Å²) in [5.41, 5.74) is 1.11. The first-order chi connectivity index (χ1) is 5.67. The average molecular weight is 182 g/mol. The average Bonchev–Trinajstić information content (AvgIpc) is 2.02. The molecular weight excluding hydrogens is 172 g/mol. The maximum absolute atomic E-state index is 11.6. The minimum absolute atomic E-state index is 0.658. The molecule has 1 aliphatic rings. The fourth-order valence-electron chi connectivity index (χ4n) is 1.24. The van der Waals surface area contributed by atoms with Crippen molar-refractivity contribution in [1.29, 1.82) is 0 Å². The van der Waals surface area contributed by atoms with Crippen molar-refractivity contribution in [1.82, 2.24) is 4.98 Å². The van der Waals surface area contributed by atoms with Gasteiger partial charge in [-0.1, -0.05) is 6.07 Å². The third kappa shape index (κ3) is 1.34. The van der Waals surface area contributed by atoms with E-state index in [0.29, 0.717) is 11.6 Å². The molecule has 12 heavy (non-hydrogen) atoms. The van der Waals surface area contributed by atoms with Crippen LogP contribution in [0.2, 0.25) is 0 Å². The molecule has 1 aromatic rings. The van der Waals surface area contributed by atoms with Crippen molar-refractivity contribution in [2.75, 3.05) is 12.0 Å². The molecule has 1 unspecified atom stereocenters. The normalized spacial score (nSPS) is 27.4. The van der Waals surface area contributed by atoms with Gasteiger partial charge in [0.15, 0.2) is 5.82 Å². The highest BCUT2D eigenvalue weighted by Crippen LogP contribution is 2.22. The van der Waals surface area contributed by atoms with Gasteiger partial charge in [-0.15, -0.1) is 0 Å². The molecule has 0 fully saturated rings. The molecule has 0 radical (unpaired) electrons. The molecule has 2 heterocycles. The SMILES string of the molecule is CS1(=O)=Nc2ncccc2CC1. The summed E-state index contributed by atoms with van der Waals surface area (Å²) in [6.45, 7) is 0. The van der Waals surface area contributed by atoms with E-state index in [1.54, 1.807) is 12.5 Å². The molecule has 0 amide bonds. The maximum atomic E-state index is 11.6. The van der Waals surface area contributed by atoms with Crippen LogP contribution in [0.3, 0.4) is 0 Å². The maximum Gasteiger partial charge on any atom is 0.164 e. The van der Waals surface area contributed by atoms with Crippen LogP contribution in [0.1, 0.15) is 5.56 Å². The predicted molar refractivity (Wildman–Crippen MR) is 49.0 cm³/mol. The number of rotatable bonds is 0. The van der Waals surface area contributed by atoms with Gasteiger partial charge in [-0.05, 0) is 18.1 Å². The minimum atomic E-state index is -1.98. The number of pyridine rings is 1. The van der Waals surface area contributed by atoms with E-state index in [1.165, 1.54) is 0 Å². The molecule has 1 atom stereocenters. The van der Waals surface area contributed by atoms with Gasteiger partial charge in [0.25, 0.3) is 0 Å². The Morgan fingerprint density at radius 1 is 1.58 bits per heavy atom. The summed E-state index contributed by atoms with van der Waals surface area (Å²) in [6, 6.07) is 3.87. The molecule has 3 nitrogen and oxygen atoms in total. The van der Waals surface area contributed by atoms with Crippen molar-refractivity contribution >= 4 is 15.5 Å².